The standard InChI is InChI=1S/C23H28FN5O3/c1-3-5-6-17-20(22(30)32-4-2)27-23(28-21(17)26-16-9-11-31-12-10-16)29-14-25-18-8-7-15(24)13-19(18)29/h7-8,13-14,16H,3-6,9-12H2,1-2H3,(H,26,27,28). The molecule has 8 nitrogen and oxygen atoms in total. The average molecular weight is 442 g/mol. The van der Waals surface area contributed by atoms with Crippen LogP contribution in [0.3, 0.4) is 0 Å². The quantitative estimate of drug-likeness (QED) is 0.527. The predicted octanol–water partition coefficient (Wildman–Crippen LogP) is 4.06. The van der Waals surface area contributed by atoms with Crippen LogP contribution >= 0.6 is 0 Å². The summed E-state index contributed by atoms with van der Waals surface area (Å²) < 4.78 is 26.3. The Labute approximate surface area is 186 Å². The Morgan fingerprint density at radius 3 is 2.84 bits per heavy atom. The highest BCUT2D eigenvalue weighted by Crippen LogP contribution is 2.26. The zero-order valence-electron chi connectivity index (χ0n) is 18.4. The summed E-state index contributed by atoms with van der Waals surface area (Å²) in [6.07, 6.45) is 5.73. The highest BCUT2D eigenvalue weighted by molar-refractivity contribution is 5.90. The van der Waals surface area contributed by atoms with Gasteiger partial charge in [-0.3, -0.25) is 4.57 Å². The molecule has 2 aromatic heterocycles. The number of unbranched alkanes of at least 4 members (excludes halogenated alkanes) is 1. The Hall–Kier alpha value is -3.07. The van der Waals surface area contributed by atoms with Crippen molar-refractivity contribution in [2.24, 2.45) is 0 Å². The molecule has 1 N–H and O–H groups in total. The van der Waals surface area contributed by atoms with Crippen molar-refractivity contribution in [3.8, 4) is 5.95 Å². The lowest BCUT2D eigenvalue weighted by Gasteiger charge is -2.25. The van der Waals surface area contributed by atoms with Gasteiger partial charge in [-0.25, -0.2) is 19.2 Å². The topological polar surface area (TPSA) is 91.2 Å². The van der Waals surface area contributed by atoms with Gasteiger partial charge in [0.1, 0.15) is 18.0 Å². The second-order valence-corrected chi connectivity index (χ2v) is 7.80. The van der Waals surface area contributed by atoms with E-state index in [2.05, 4.69) is 22.2 Å². The molecule has 0 amide bonds. The molecule has 32 heavy (non-hydrogen) atoms. The summed E-state index contributed by atoms with van der Waals surface area (Å²) in [7, 11) is 0. The Balaban J connectivity index is 1.85. The number of hydrogen-bond donors (Lipinski definition) is 1. The number of anilines is 1. The van der Waals surface area contributed by atoms with Gasteiger partial charge in [-0.2, -0.15) is 4.98 Å². The number of ether oxygens (including phenoxy) is 2. The number of carbonyl (C=O) groups is 1. The number of fused-ring (bicyclic) bond motifs is 1. The molecule has 1 fully saturated rings. The minimum absolute atomic E-state index is 0.180. The summed E-state index contributed by atoms with van der Waals surface area (Å²) >= 11 is 0. The minimum Gasteiger partial charge on any atom is -0.461 e. The fourth-order valence-corrected chi connectivity index (χ4v) is 3.83. The van der Waals surface area contributed by atoms with Crippen LogP contribution in [0.25, 0.3) is 17.0 Å². The van der Waals surface area contributed by atoms with Crippen LogP contribution in [-0.2, 0) is 15.9 Å². The van der Waals surface area contributed by atoms with Crippen LogP contribution in [0.5, 0.6) is 0 Å². The number of halogens is 1. The molecule has 3 aromatic rings. The third kappa shape index (κ3) is 4.72. The number of hydrogen-bond acceptors (Lipinski definition) is 7. The van der Waals surface area contributed by atoms with Crippen molar-refractivity contribution in [3.63, 3.8) is 0 Å². The van der Waals surface area contributed by atoms with Crippen molar-refractivity contribution in [1.82, 2.24) is 19.5 Å². The van der Waals surface area contributed by atoms with Gasteiger partial charge in [-0.15, -0.1) is 0 Å². The van der Waals surface area contributed by atoms with Crippen molar-refractivity contribution in [2.75, 3.05) is 25.1 Å². The van der Waals surface area contributed by atoms with Crippen LogP contribution in [0, 0.1) is 5.82 Å². The van der Waals surface area contributed by atoms with Gasteiger partial charge in [-0.05, 0) is 44.7 Å². The maximum absolute atomic E-state index is 13.9. The molecular formula is C23H28FN5O3. The fourth-order valence-electron chi connectivity index (χ4n) is 3.83. The highest BCUT2D eigenvalue weighted by atomic mass is 19.1. The van der Waals surface area contributed by atoms with E-state index in [1.165, 1.54) is 18.5 Å². The second-order valence-electron chi connectivity index (χ2n) is 7.80. The van der Waals surface area contributed by atoms with Gasteiger partial charge in [0.05, 0.1) is 17.6 Å². The number of imidazole rings is 1. The number of rotatable bonds is 8. The number of nitrogens with zero attached hydrogens (tertiary/aromatic N) is 4. The molecule has 0 spiro atoms. The molecule has 1 aliphatic rings. The molecule has 9 heteroatoms. The molecule has 1 saturated heterocycles. The zero-order valence-corrected chi connectivity index (χ0v) is 18.4. The van der Waals surface area contributed by atoms with E-state index in [9.17, 15) is 9.18 Å². The van der Waals surface area contributed by atoms with Crippen LogP contribution in [0.15, 0.2) is 24.5 Å². The molecule has 1 aliphatic heterocycles. The van der Waals surface area contributed by atoms with Gasteiger partial charge < -0.3 is 14.8 Å². The average Bonchev–Trinajstić information content (AvgIpc) is 3.21. The molecule has 0 bridgehead atoms. The number of benzene rings is 1. The summed E-state index contributed by atoms with van der Waals surface area (Å²) in [6, 6.07) is 4.52. The summed E-state index contributed by atoms with van der Waals surface area (Å²) in [5.41, 5.74) is 2.12. The van der Waals surface area contributed by atoms with Gasteiger partial charge in [0, 0.05) is 30.9 Å². The van der Waals surface area contributed by atoms with E-state index in [-0.39, 0.29) is 30.1 Å². The fraction of sp³-hybridized carbons (Fsp3) is 0.478. The van der Waals surface area contributed by atoms with Crippen molar-refractivity contribution in [2.45, 2.75) is 52.0 Å². The number of aromatic nitrogens is 4. The monoisotopic (exact) mass is 441 g/mol. The van der Waals surface area contributed by atoms with Crippen molar-refractivity contribution in [1.29, 1.82) is 0 Å². The first kappa shape index (κ1) is 22.1. The maximum Gasteiger partial charge on any atom is 0.357 e. The summed E-state index contributed by atoms with van der Waals surface area (Å²) in [4.78, 5) is 26.5. The van der Waals surface area contributed by atoms with Crippen LogP contribution in [0.4, 0.5) is 10.2 Å². The number of nitrogens with one attached hydrogen (secondary N) is 1. The highest BCUT2D eigenvalue weighted by Gasteiger charge is 2.24. The molecule has 0 atom stereocenters. The van der Waals surface area contributed by atoms with Crippen LogP contribution in [0.2, 0.25) is 0 Å². The lowest BCUT2D eigenvalue weighted by atomic mass is 10.0. The van der Waals surface area contributed by atoms with E-state index >= 15 is 0 Å². The zero-order chi connectivity index (χ0) is 22.5. The normalized spacial score (nSPS) is 14.6. The van der Waals surface area contributed by atoms with Crippen LogP contribution < -0.4 is 5.32 Å². The van der Waals surface area contributed by atoms with Gasteiger partial charge in [0.2, 0.25) is 5.95 Å². The SMILES string of the molecule is CCCCc1c(NC2CCOCC2)nc(-n2cnc3ccc(F)cc32)nc1C(=O)OCC. The van der Waals surface area contributed by atoms with E-state index < -0.39 is 5.97 Å². The summed E-state index contributed by atoms with van der Waals surface area (Å²) in [6.45, 7) is 5.45. The molecule has 0 unspecified atom stereocenters. The number of carbonyl (C=O) groups excluding carboxylic acids is 1. The van der Waals surface area contributed by atoms with Gasteiger partial charge in [0.25, 0.3) is 0 Å². The molecule has 3 heterocycles. The first-order valence-corrected chi connectivity index (χ1v) is 11.2. The van der Waals surface area contributed by atoms with Gasteiger partial charge >= 0.3 is 5.97 Å². The molecular weight excluding hydrogens is 413 g/mol. The minimum atomic E-state index is -0.493. The maximum atomic E-state index is 13.9. The van der Waals surface area contributed by atoms with Crippen LogP contribution in [-0.4, -0.2) is 51.4 Å². The van der Waals surface area contributed by atoms with Crippen molar-refractivity contribution >= 4 is 22.8 Å². The molecule has 0 radical (unpaired) electrons. The van der Waals surface area contributed by atoms with Crippen molar-refractivity contribution in [3.05, 3.63) is 41.6 Å². The summed E-state index contributed by atoms with van der Waals surface area (Å²) in [5, 5.41) is 3.51. The van der Waals surface area contributed by atoms with E-state index in [1.54, 1.807) is 17.6 Å². The molecule has 170 valence electrons. The van der Waals surface area contributed by atoms with E-state index in [1.807, 2.05) is 0 Å². The van der Waals surface area contributed by atoms with Gasteiger partial charge in [-0.1, -0.05) is 13.3 Å². The van der Waals surface area contributed by atoms with E-state index in [0.29, 0.717) is 36.5 Å². The predicted molar refractivity (Wildman–Crippen MR) is 119 cm³/mol. The smallest absolute Gasteiger partial charge is 0.357 e. The third-order valence-corrected chi connectivity index (χ3v) is 5.53. The summed E-state index contributed by atoms with van der Waals surface area (Å²) in [5.74, 6) is -0.0227. The van der Waals surface area contributed by atoms with Crippen molar-refractivity contribution < 1.29 is 18.7 Å². The lowest BCUT2D eigenvalue weighted by molar-refractivity contribution is 0.0517. The Kier molecular flexibility index (Phi) is 6.94. The first-order chi connectivity index (χ1) is 15.6. The molecule has 0 saturated carbocycles. The Morgan fingerprint density at radius 2 is 2.09 bits per heavy atom. The van der Waals surface area contributed by atoms with E-state index in [4.69, 9.17) is 14.5 Å². The Bertz CT molecular complexity index is 1090. The third-order valence-electron chi connectivity index (χ3n) is 5.53. The second kappa shape index (κ2) is 10.0. The lowest BCUT2D eigenvalue weighted by Crippen LogP contribution is -2.29. The van der Waals surface area contributed by atoms with Gasteiger partial charge in [0.15, 0.2) is 5.69 Å². The van der Waals surface area contributed by atoms with Crippen LogP contribution in [0.1, 0.15) is 55.6 Å². The molecule has 0 aliphatic carbocycles. The largest absolute Gasteiger partial charge is 0.461 e. The molecule has 1 aromatic carbocycles. The Morgan fingerprint density at radius 1 is 1.28 bits per heavy atom. The number of esters is 1. The van der Waals surface area contributed by atoms with E-state index in [0.717, 1.165) is 31.2 Å². The molecule has 4 rings (SSSR count). The first-order valence-electron chi connectivity index (χ1n) is 11.2.